The van der Waals surface area contributed by atoms with E-state index in [1.807, 2.05) is 0 Å². The zero-order valence-corrected chi connectivity index (χ0v) is 11.7. The number of likely N-dealkylation sites (tertiary alicyclic amines) is 1. The standard InChI is InChI=1S/C15H20N2O3/c1-3-8-20-13-5-4-11(9-14(13)19-2)15(18)17-7-6-12(16)10-17/h3-5,9,12H,1,6-8,10,16H2,2H3/t12-/m1/s1. The summed E-state index contributed by atoms with van der Waals surface area (Å²) >= 11 is 0. The van der Waals surface area contributed by atoms with Crippen LogP contribution in [0.5, 0.6) is 11.5 Å². The number of carbonyl (C=O) groups is 1. The summed E-state index contributed by atoms with van der Waals surface area (Å²) < 4.78 is 10.7. The zero-order chi connectivity index (χ0) is 14.5. The van der Waals surface area contributed by atoms with Crippen LogP contribution in [0, 0.1) is 0 Å². The molecule has 1 aliphatic rings. The molecule has 2 rings (SSSR count). The van der Waals surface area contributed by atoms with Gasteiger partial charge < -0.3 is 20.1 Å². The predicted molar refractivity (Wildman–Crippen MR) is 77.2 cm³/mol. The summed E-state index contributed by atoms with van der Waals surface area (Å²) in [4.78, 5) is 14.1. The second kappa shape index (κ2) is 6.43. The van der Waals surface area contributed by atoms with Gasteiger partial charge in [0.15, 0.2) is 11.5 Å². The molecule has 20 heavy (non-hydrogen) atoms. The van der Waals surface area contributed by atoms with Crippen LogP contribution in [0.15, 0.2) is 30.9 Å². The van der Waals surface area contributed by atoms with Crippen molar-refractivity contribution >= 4 is 5.91 Å². The molecule has 0 unspecified atom stereocenters. The van der Waals surface area contributed by atoms with Crippen LogP contribution in [-0.4, -0.2) is 43.7 Å². The molecule has 1 aromatic carbocycles. The summed E-state index contributed by atoms with van der Waals surface area (Å²) in [7, 11) is 1.55. The Morgan fingerprint density at radius 3 is 2.95 bits per heavy atom. The molecule has 1 heterocycles. The normalized spacial score (nSPS) is 17.9. The van der Waals surface area contributed by atoms with E-state index in [2.05, 4.69) is 6.58 Å². The minimum Gasteiger partial charge on any atom is -0.493 e. The molecule has 0 aromatic heterocycles. The highest BCUT2D eigenvalue weighted by atomic mass is 16.5. The third kappa shape index (κ3) is 3.11. The van der Waals surface area contributed by atoms with Gasteiger partial charge in [-0.05, 0) is 24.6 Å². The van der Waals surface area contributed by atoms with Gasteiger partial charge in [-0.15, -0.1) is 0 Å². The van der Waals surface area contributed by atoms with E-state index in [4.69, 9.17) is 15.2 Å². The topological polar surface area (TPSA) is 64.8 Å². The molecule has 0 radical (unpaired) electrons. The molecule has 1 saturated heterocycles. The second-order valence-corrected chi connectivity index (χ2v) is 4.77. The molecule has 5 heteroatoms. The van der Waals surface area contributed by atoms with Gasteiger partial charge in [0.05, 0.1) is 7.11 Å². The fourth-order valence-electron chi connectivity index (χ4n) is 2.22. The summed E-state index contributed by atoms with van der Waals surface area (Å²) in [6.07, 6.45) is 2.51. The molecule has 0 bridgehead atoms. The highest BCUT2D eigenvalue weighted by molar-refractivity contribution is 5.95. The van der Waals surface area contributed by atoms with Gasteiger partial charge in [-0.1, -0.05) is 12.7 Å². The summed E-state index contributed by atoms with van der Waals surface area (Å²) in [6, 6.07) is 5.26. The van der Waals surface area contributed by atoms with Crippen molar-refractivity contribution < 1.29 is 14.3 Å². The Morgan fingerprint density at radius 2 is 2.35 bits per heavy atom. The summed E-state index contributed by atoms with van der Waals surface area (Å²) in [5, 5.41) is 0. The number of rotatable bonds is 5. The van der Waals surface area contributed by atoms with Crippen molar-refractivity contribution in [3.8, 4) is 11.5 Å². The van der Waals surface area contributed by atoms with E-state index < -0.39 is 0 Å². The van der Waals surface area contributed by atoms with E-state index in [0.717, 1.165) is 6.42 Å². The van der Waals surface area contributed by atoms with E-state index in [9.17, 15) is 4.79 Å². The molecule has 0 spiro atoms. The SMILES string of the molecule is C=CCOc1ccc(C(=O)N2CC[C@@H](N)C2)cc1OC. The second-order valence-electron chi connectivity index (χ2n) is 4.77. The van der Waals surface area contributed by atoms with E-state index in [1.165, 1.54) is 0 Å². The molecule has 1 aliphatic heterocycles. The van der Waals surface area contributed by atoms with Gasteiger partial charge in [0.2, 0.25) is 0 Å². The molecule has 1 amide bonds. The Hall–Kier alpha value is -2.01. The molecular weight excluding hydrogens is 256 g/mol. The van der Waals surface area contributed by atoms with E-state index in [0.29, 0.717) is 36.8 Å². The first-order valence-corrected chi connectivity index (χ1v) is 6.62. The van der Waals surface area contributed by atoms with E-state index in [1.54, 1.807) is 36.3 Å². The van der Waals surface area contributed by atoms with Gasteiger partial charge >= 0.3 is 0 Å². The predicted octanol–water partition coefficient (Wildman–Crippen LogP) is 1.43. The fraction of sp³-hybridized carbons (Fsp3) is 0.400. The highest BCUT2D eigenvalue weighted by Crippen LogP contribution is 2.29. The Labute approximate surface area is 119 Å². The average Bonchev–Trinajstić information content (AvgIpc) is 2.90. The lowest BCUT2D eigenvalue weighted by molar-refractivity contribution is 0.0790. The van der Waals surface area contributed by atoms with Crippen LogP contribution in [0.4, 0.5) is 0 Å². The zero-order valence-electron chi connectivity index (χ0n) is 11.7. The van der Waals surface area contributed by atoms with Crippen LogP contribution >= 0.6 is 0 Å². The molecule has 2 N–H and O–H groups in total. The summed E-state index contributed by atoms with van der Waals surface area (Å²) in [5.74, 6) is 1.12. The Balaban J connectivity index is 2.16. The minimum atomic E-state index is -0.0217. The maximum absolute atomic E-state index is 12.3. The molecule has 1 atom stereocenters. The lowest BCUT2D eigenvalue weighted by Crippen LogP contribution is -2.31. The maximum Gasteiger partial charge on any atom is 0.254 e. The number of hydrogen-bond acceptors (Lipinski definition) is 4. The number of nitrogens with two attached hydrogens (primary N) is 1. The van der Waals surface area contributed by atoms with Crippen LogP contribution in [0.3, 0.4) is 0 Å². The monoisotopic (exact) mass is 276 g/mol. The van der Waals surface area contributed by atoms with E-state index in [-0.39, 0.29) is 11.9 Å². The van der Waals surface area contributed by atoms with E-state index >= 15 is 0 Å². The van der Waals surface area contributed by atoms with Crippen molar-refractivity contribution in [2.45, 2.75) is 12.5 Å². The van der Waals surface area contributed by atoms with Gasteiger partial charge in [-0.25, -0.2) is 0 Å². The average molecular weight is 276 g/mol. The fourth-order valence-corrected chi connectivity index (χ4v) is 2.22. The molecular formula is C15H20N2O3. The molecule has 0 saturated carbocycles. The summed E-state index contributed by atoms with van der Waals surface area (Å²) in [6.45, 7) is 5.30. The van der Waals surface area contributed by atoms with Crippen LogP contribution in [0.2, 0.25) is 0 Å². The number of methoxy groups -OCH3 is 1. The minimum absolute atomic E-state index is 0.0217. The number of carbonyl (C=O) groups excluding carboxylic acids is 1. The van der Waals surface area contributed by atoms with Gasteiger partial charge in [0.25, 0.3) is 5.91 Å². The highest BCUT2D eigenvalue weighted by Gasteiger charge is 2.25. The van der Waals surface area contributed by atoms with Crippen LogP contribution in [0.1, 0.15) is 16.8 Å². The maximum atomic E-state index is 12.3. The third-order valence-electron chi connectivity index (χ3n) is 3.28. The first-order chi connectivity index (χ1) is 9.65. The van der Waals surface area contributed by atoms with Gasteiger partial charge in [0, 0.05) is 24.7 Å². The summed E-state index contributed by atoms with van der Waals surface area (Å²) in [5.41, 5.74) is 6.41. The third-order valence-corrected chi connectivity index (χ3v) is 3.28. The van der Waals surface area contributed by atoms with Crippen molar-refractivity contribution in [1.29, 1.82) is 0 Å². The van der Waals surface area contributed by atoms with Crippen molar-refractivity contribution in [2.75, 3.05) is 26.8 Å². The smallest absolute Gasteiger partial charge is 0.254 e. The first kappa shape index (κ1) is 14.4. The largest absolute Gasteiger partial charge is 0.493 e. The van der Waals surface area contributed by atoms with Crippen molar-refractivity contribution in [3.05, 3.63) is 36.4 Å². The van der Waals surface area contributed by atoms with Crippen LogP contribution in [0.25, 0.3) is 0 Å². The van der Waals surface area contributed by atoms with Crippen LogP contribution in [-0.2, 0) is 0 Å². The molecule has 1 fully saturated rings. The molecule has 108 valence electrons. The van der Waals surface area contributed by atoms with Crippen molar-refractivity contribution in [2.24, 2.45) is 5.73 Å². The first-order valence-electron chi connectivity index (χ1n) is 6.62. The van der Waals surface area contributed by atoms with Gasteiger partial charge in [0.1, 0.15) is 6.61 Å². The molecule has 0 aliphatic carbocycles. The quantitative estimate of drug-likeness (QED) is 0.826. The Kier molecular flexibility index (Phi) is 4.63. The number of benzene rings is 1. The number of nitrogens with zero attached hydrogens (tertiary/aromatic N) is 1. The molecule has 1 aromatic rings. The molecule has 5 nitrogen and oxygen atoms in total. The number of ether oxygens (including phenoxy) is 2. The number of amides is 1. The van der Waals surface area contributed by atoms with Gasteiger partial charge in [-0.2, -0.15) is 0 Å². The Morgan fingerprint density at radius 1 is 1.55 bits per heavy atom. The van der Waals surface area contributed by atoms with Crippen molar-refractivity contribution in [3.63, 3.8) is 0 Å². The Bertz CT molecular complexity index is 502. The lowest BCUT2D eigenvalue weighted by Gasteiger charge is -2.17. The van der Waals surface area contributed by atoms with Crippen LogP contribution < -0.4 is 15.2 Å². The lowest BCUT2D eigenvalue weighted by atomic mass is 10.1. The van der Waals surface area contributed by atoms with Crippen molar-refractivity contribution in [1.82, 2.24) is 4.90 Å². The van der Waals surface area contributed by atoms with Gasteiger partial charge in [-0.3, -0.25) is 4.79 Å². The number of hydrogen-bond donors (Lipinski definition) is 1.